The Morgan fingerprint density at radius 2 is 1.92 bits per heavy atom. The number of carboxylic acids is 1. The number of likely N-dealkylation sites (tertiary alicyclic amines) is 1. The summed E-state index contributed by atoms with van der Waals surface area (Å²) in [5.41, 5.74) is -0.834. The van der Waals surface area contributed by atoms with E-state index in [1.165, 1.54) is 29.4 Å². The molecule has 6 nitrogen and oxygen atoms in total. The van der Waals surface area contributed by atoms with Gasteiger partial charge in [0.05, 0.1) is 6.26 Å². The molecule has 0 radical (unpaired) electrons. The number of amides is 1. The van der Waals surface area contributed by atoms with Crippen molar-refractivity contribution in [2.75, 3.05) is 13.1 Å². The van der Waals surface area contributed by atoms with Gasteiger partial charge in [0.25, 0.3) is 5.91 Å². The maximum Gasteiger partial charge on any atom is 0.348 e. The summed E-state index contributed by atoms with van der Waals surface area (Å²) in [4.78, 5) is 25.8. The third kappa shape index (κ3) is 3.22. The number of nitrogens with zero attached hydrogens (tertiary/aromatic N) is 1. The smallest absolute Gasteiger partial charge is 0.348 e. The van der Waals surface area contributed by atoms with E-state index in [0.29, 0.717) is 0 Å². The van der Waals surface area contributed by atoms with E-state index >= 15 is 0 Å². The second kappa shape index (κ2) is 6.58. The number of halogens is 1. The fourth-order valence-electron chi connectivity index (χ4n) is 2.90. The Hall–Kier alpha value is -2.83. The van der Waals surface area contributed by atoms with Crippen LogP contribution in [0.15, 0.2) is 41.0 Å². The lowest BCUT2D eigenvalue weighted by Gasteiger charge is -2.38. The van der Waals surface area contributed by atoms with Gasteiger partial charge in [0.1, 0.15) is 0 Å². The van der Waals surface area contributed by atoms with Crippen molar-refractivity contribution < 1.29 is 28.2 Å². The minimum absolute atomic E-state index is 0.0577. The predicted molar refractivity (Wildman–Crippen MR) is 86.0 cm³/mol. The fraction of sp³-hybridized carbons (Fsp3) is 0.333. The van der Waals surface area contributed by atoms with Crippen LogP contribution in [0.1, 0.15) is 29.0 Å². The van der Waals surface area contributed by atoms with Crippen LogP contribution in [0, 0.1) is 12.7 Å². The van der Waals surface area contributed by atoms with E-state index in [4.69, 9.17) is 9.15 Å². The van der Waals surface area contributed by atoms with Crippen molar-refractivity contribution in [3.63, 3.8) is 0 Å². The first kappa shape index (κ1) is 17.0. The Kier molecular flexibility index (Phi) is 4.48. The van der Waals surface area contributed by atoms with Crippen molar-refractivity contribution in [2.24, 2.45) is 0 Å². The van der Waals surface area contributed by atoms with Crippen LogP contribution in [0.25, 0.3) is 0 Å². The molecule has 1 aromatic carbocycles. The highest BCUT2D eigenvalue weighted by Gasteiger charge is 2.45. The number of carbonyl (C=O) groups excluding carboxylic acids is 1. The van der Waals surface area contributed by atoms with Gasteiger partial charge in [-0.15, -0.1) is 0 Å². The molecule has 25 heavy (non-hydrogen) atoms. The molecule has 132 valence electrons. The number of piperidine rings is 1. The molecule has 3 rings (SSSR count). The highest BCUT2D eigenvalue weighted by Crippen LogP contribution is 2.31. The summed E-state index contributed by atoms with van der Waals surface area (Å²) in [6.45, 7) is 2.13. The van der Waals surface area contributed by atoms with Crippen LogP contribution in [0.2, 0.25) is 0 Å². The molecule has 0 aliphatic carbocycles. The summed E-state index contributed by atoms with van der Waals surface area (Å²) < 4.78 is 24.6. The summed E-state index contributed by atoms with van der Waals surface area (Å²) >= 11 is 0. The predicted octanol–water partition coefficient (Wildman–Crippen LogP) is 2.87. The topological polar surface area (TPSA) is 80.0 Å². The molecule has 0 atom stereocenters. The van der Waals surface area contributed by atoms with Gasteiger partial charge in [0.2, 0.25) is 5.60 Å². The number of hydrogen-bond donors (Lipinski definition) is 1. The van der Waals surface area contributed by atoms with Crippen molar-refractivity contribution in [3.05, 3.63) is 53.7 Å². The molecule has 7 heteroatoms. The lowest BCUT2D eigenvalue weighted by Crippen LogP contribution is -2.54. The third-order valence-electron chi connectivity index (χ3n) is 4.45. The van der Waals surface area contributed by atoms with Gasteiger partial charge >= 0.3 is 5.97 Å². The summed E-state index contributed by atoms with van der Waals surface area (Å²) in [5.74, 6) is -1.93. The number of benzene rings is 1. The molecule has 1 N–H and O–H groups in total. The first-order valence-corrected chi connectivity index (χ1v) is 7.93. The van der Waals surface area contributed by atoms with Crippen LogP contribution < -0.4 is 4.74 Å². The lowest BCUT2D eigenvalue weighted by atomic mass is 9.90. The highest BCUT2D eigenvalue weighted by molar-refractivity contribution is 5.93. The molecular weight excluding hydrogens is 329 g/mol. The van der Waals surface area contributed by atoms with Crippen molar-refractivity contribution in [1.82, 2.24) is 4.90 Å². The van der Waals surface area contributed by atoms with Crippen LogP contribution in [-0.4, -0.2) is 40.6 Å². The molecule has 1 saturated heterocycles. The number of ether oxygens (including phenoxy) is 1. The number of hydrogen-bond acceptors (Lipinski definition) is 4. The van der Waals surface area contributed by atoms with Crippen molar-refractivity contribution in [2.45, 2.75) is 25.4 Å². The molecule has 0 bridgehead atoms. The minimum atomic E-state index is -1.56. The highest BCUT2D eigenvalue weighted by atomic mass is 19.1. The first-order valence-electron chi connectivity index (χ1n) is 7.93. The number of rotatable bonds is 4. The van der Waals surface area contributed by atoms with E-state index in [0.717, 1.165) is 5.56 Å². The molecule has 2 heterocycles. The standard InChI is InChI=1S/C18H18FNO5/c1-12-6-11-24-15(12)16(21)20-9-7-18(8-10-20,17(22)23)25-14-5-3-2-4-13(14)19/h2-6,11H,7-10H2,1H3,(H,22,23). The molecule has 0 saturated carbocycles. The summed E-state index contributed by atoms with van der Waals surface area (Å²) in [6.07, 6.45) is 1.56. The Morgan fingerprint density at radius 3 is 2.48 bits per heavy atom. The minimum Gasteiger partial charge on any atom is -0.478 e. The van der Waals surface area contributed by atoms with Crippen molar-refractivity contribution in [3.8, 4) is 5.75 Å². The average molecular weight is 347 g/mol. The quantitative estimate of drug-likeness (QED) is 0.920. The number of aryl methyl sites for hydroxylation is 1. The molecular formula is C18H18FNO5. The zero-order valence-electron chi connectivity index (χ0n) is 13.7. The number of aliphatic carboxylic acids is 1. The van der Waals surface area contributed by atoms with Gasteiger partial charge < -0.3 is 19.2 Å². The van der Waals surface area contributed by atoms with E-state index in [9.17, 15) is 19.1 Å². The third-order valence-corrected chi connectivity index (χ3v) is 4.45. The maximum absolute atomic E-state index is 13.8. The molecule has 0 unspecified atom stereocenters. The van der Waals surface area contributed by atoms with Crippen LogP contribution in [0.4, 0.5) is 4.39 Å². The Balaban J connectivity index is 1.75. The van der Waals surface area contributed by atoms with E-state index in [1.807, 2.05) is 0 Å². The van der Waals surface area contributed by atoms with Crippen LogP contribution in [0.3, 0.4) is 0 Å². The molecule has 1 aromatic heterocycles. The van der Waals surface area contributed by atoms with Gasteiger partial charge in [0.15, 0.2) is 17.3 Å². The van der Waals surface area contributed by atoms with E-state index in [-0.39, 0.29) is 43.3 Å². The van der Waals surface area contributed by atoms with E-state index < -0.39 is 17.4 Å². The van der Waals surface area contributed by atoms with E-state index in [1.54, 1.807) is 19.1 Å². The van der Waals surface area contributed by atoms with Gasteiger partial charge in [-0.25, -0.2) is 9.18 Å². The van der Waals surface area contributed by atoms with Gasteiger partial charge in [-0.05, 0) is 25.1 Å². The first-order chi connectivity index (χ1) is 11.9. The normalized spacial score (nSPS) is 16.5. The number of carbonyl (C=O) groups is 2. The number of para-hydroxylation sites is 1. The summed E-state index contributed by atoms with van der Waals surface area (Å²) in [5, 5.41) is 9.62. The molecule has 1 amide bonds. The zero-order chi connectivity index (χ0) is 18.0. The monoisotopic (exact) mass is 347 g/mol. The van der Waals surface area contributed by atoms with Gasteiger partial charge in [-0.2, -0.15) is 0 Å². The second-order valence-corrected chi connectivity index (χ2v) is 6.06. The Morgan fingerprint density at radius 1 is 1.24 bits per heavy atom. The zero-order valence-corrected chi connectivity index (χ0v) is 13.7. The Bertz CT molecular complexity index is 792. The number of furan rings is 1. The number of carboxylic acid groups (broad SMARTS) is 1. The SMILES string of the molecule is Cc1ccoc1C(=O)N1CCC(Oc2ccccc2F)(C(=O)O)CC1. The van der Waals surface area contributed by atoms with Gasteiger partial charge in [0, 0.05) is 31.5 Å². The van der Waals surface area contributed by atoms with Crippen molar-refractivity contribution in [1.29, 1.82) is 0 Å². The molecule has 1 fully saturated rings. The van der Waals surface area contributed by atoms with Crippen LogP contribution in [-0.2, 0) is 4.79 Å². The van der Waals surface area contributed by atoms with Gasteiger partial charge in [-0.3, -0.25) is 4.79 Å². The largest absolute Gasteiger partial charge is 0.478 e. The van der Waals surface area contributed by atoms with E-state index in [2.05, 4.69) is 0 Å². The summed E-state index contributed by atoms with van der Waals surface area (Å²) in [7, 11) is 0. The van der Waals surface area contributed by atoms with Crippen LogP contribution in [0.5, 0.6) is 5.75 Å². The molecule has 0 spiro atoms. The fourth-order valence-corrected chi connectivity index (χ4v) is 2.90. The van der Waals surface area contributed by atoms with Crippen LogP contribution >= 0.6 is 0 Å². The second-order valence-electron chi connectivity index (χ2n) is 6.06. The molecule has 2 aromatic rings. The summed E-state index contributed by atoms with van der Waals surface area (Å²) in [6, 6.07) is 7.38. The van der Waals surface area contributed by atoms with Gasteiger partial charge in [-0.1, -0.05) is 12.1 Å². The Labute approximate surface area is 143 Å². The average Bonchev–Trinajstić information content (AvgIpc) is 3.03. The maximum atomic E-state index is 13.8. The van der Waals surface area contributed by atoms with Crippen molar-refractivity contribution >= 4 is 11.9 Å². The molecule has 1 aliphatic rings. The molecule has 1 aliphatic heterocycles. The lowest BCUT2D eigenvalue weighted by molar-refractivity contribution is -0.159.